The van der Waals surface area contributed by atoms with E-state index in [4.69, 9.17) is 17.3 Å². The summed E-state index contributed by atoms with van der Waals surface area (Å²) in [5, 5.41) is 12.0. The van der Waals surface area contributed by atoms with Crippen molar-refractivity contribution in [2.75, 3.05) is 6.54 Å². The van der Waals surface area contributed by atoms with Gasteiger partial charge in [-0.3, -0.25) is 0 Å². The van der Waals surface area contributed by atoms with Crippen LogP contribution in [-0.4, -0.2) is 11.7 Å². The van der Waals surface area contributed by atoms with Gasteiger partial charge in [0.1, 0.15) is 0 Å². The first-order chi connectivity index (χ1) is 10.0. The van der Waals surface area contributed by atoms with Crippen molar-refractivity contribution in [2.24, 2.45) is 5.73 Å². The molecule has 2 aromatic carbocycles. The number of rotatable bonds is 3. The minimum Gasteiger partial charge on any atom is -0.384 e. The predicted octanol–water partition coefficient (Wildman–Crippen LogP) is 3.39. The van der Waals surface area contributed by atoms with Crippen LogP contribution in [0, 0.1) is 0 Å². The van der Waals surface area contributed by atoms with Crippen LogP contribution in [-0.2, 0) is 17.4 Å². The van der Waals surface area contributed by atoms with Crippen molar-refractivity contribution in [3.05, 3.63) is 70.2 Å². The predicted molar refractivity (Wildman–Crippen MR) is 86.5 cm³/mol. The lowest BCUT2D eigenvalue weighted by atomic mass is 9.65. The summed E-state index contributed by atoms with van der Waals surface area (Å²) in [4.78, 5) is 0. The van der Waals surface area contributed by atoms with E-state index in [9.17, 15) is 5.11 Å². The number of nitrogens with two attached hydrogens (primary N) is 1. The number of fused-ring (bicyclic) bond motifs is 1. The fraction of sp³-hybridized carbons (Fsp3) is 0.333. The zero-order valence-electron chi connectivity index (χ0n) is 12.1. The molecule has 2 atom stereocenters. The molecule has 3 heteroatoms. The molecule has 0 aliphatic heterocycles. The van der Waals surface area contributed by atoms with Gasteiger partial charge in [0.25, 0.3) is 0 Å². The quantitative estimate of drug-likeness (QED) is 0.913. The Kier molecular flexibility index (Phi) is 3.56. The van der Waals surface area contributed by atoms with Crippen molar-refractivity contribution in [3.8, 4) is 0 Å². The fourth-order valence-corrected chi connectivity index (χ4v) is 3.86. The summed E-state index contributed by atoms with van der Waals surface area (Å²) in [7, 11) is 0. The molecule has 2 unspecified atom stereocenters. The van der Waals surface area contributed by atoms with E-state index in [1.807, 2.05) is 43.3 Å². The van der Waals surface area contributed by atoms with Gasteiger partial charge in [-0.05, 0) is 48.6 Å². The lowest BCUT2D eigenvalue weighted by Gasteiger charge is -2.43. The first-order valence-electron chi connectivity index (χ1n) is 7.28. The lowest BCUT2D eigenvalue weighted by Crippen LogP contribution is -2.51. The van der Waals surface area contributed by atoms with Crippen LogP contribution < -0.4 is 5.73 Å². The Morgan fingerprint density at radius 3 is 2.71 bits per heavy atom. The molecule has 2 aromatic rings. The van der Waals surface area contributed by atoms with Gasteiger partial charge >= 0.3 is 0 Å². The van der Waals surface area contributed by atoms with Gasteiger partial charge in [0.15, 0.2) is 0 Å². The molecule has 0 bridgehead atoms. The van der Waals surface area contributed by atoms with Crippen molar-refractivity contribution in [1.82, 2.24) is 0 Å². The van der Waals surface area contributed by atoms with Crippen molar-refractivity contribution in [1.29, 1.82) is 0 Å². The van der Waals surface area contributed by atoms with Crippen LogP contribution in [0.2, 0.25) is 5.02 Å². The second-order valence-corrected chi connectivity index (χ2v) is 6.46. The molecule has 110 valence electrons. The van der Waals surface area contributed by atoms with Crippen LogP contribution in [0.15, 0.2) is 48.5 Å². The van der Waals surface area contributed by atoms with E-state index in [1.165, 1.54) is 5.56 Å². The molecule has 1 aliphatic rings. The average molecular weight is 302 g/mol. The summed E-state index contributed by atoms with van der Waals surface area (Å²) >= 11 is 6.10. The van der Waals surface area contributed by atoms with Crippen LogP contribution in [0.1, 0.15) is 30.0 Å². The number of aliphatic hydroxyl groups is 1. The molecule has 0 saturated heterocycles. The van der Waals surface area contributed by atoms with E-state index < -0.39 is 11.0 Å². The van der Waals surface area contributed by atoms with E-state index >= 15 is 0 Å². The summed E-state index contributed by atoms with van der Waals surface area (Å²) in [5.41, 5.74) is 7.90. The highest BCUT2D eigenvalue weighted by Gasteiger charge is 2.51. The molecule has 3 N–H and O–H groups in total. The molecule has 0 spiro atoms. The summed E-state index contributed by atoms with van der Waals surface area (Å²) in [6.45, 7) is 2.26. The Labute approximate surface area is 130 Å². The van der Waals surface area contributed by atoms with Gasteiger partial charge < -0.3 is 10.8 Å². The highest BCUT2D eigenvalue weighted by atomic mass is 35.5. The third-order valence-electron chi connectivity index (χ3n) is 5.02. The van der Waals surface area contributed by atoms with Crippen LogP contribution in [0.5, 0.6) is 0 Å². The topological polar surface area (TPSA) is 46.2 Å². The Balaban J connectivity index is 2.16. The lowest BCUT2D eigenvalue weighted by molar-refractivity contribution is -0.0259. The Bertz CT molecular complexity index is 668. The van der Waals surface area contributed by atoms with Gasteiger partial charge in [0, 0.05) is 17.0 Å². The van der Waals surface area contributed by atoms with Crippen LogP contribution in [0.3, 0.4) is 0 Å². The van der Waals surface area contributed by atoms with Gasteiger partial charge in [0.05, 0.1) is 5.60 Å². The van der Waals surface area contributed by atoms with Gasteiger partial charge in [0.2, 0.25) is 0 Å². The highest BCUT2D eigenvalue weighted by molar-refractivity contribution is 6.30. The van der Waals surface area contributed by atoms with E-state index in [-0.39, 0.29) is 0 Å². The molecule has 0 fully saturated rings. The van der Waals surface area contributed by atoms with Gasteiger partial charge in [-0.1, -0.05) is 48.0 Å². The summed E-state index contributed by atoms with van der Waals surface area (Å²) < 4.78 is 0. The van der Waals surface area contributed by atoms with E-state index in [0.29, 0.717) is 11.6 Å². The molecule has 21 heavy (non-hydrogen) atoms. The largest absolute Gasteiger partial charge is 0.384 e. The minimum absolute atomic E-state index is 0.406. The Hall–Kier alpha value is -1.35. The smallest absolute Gasteiger partial charge is 0.0977 e. The van der Waals surface area contributed by atoms with Gasteiger partial charge in [-0.2, -0.15) is 0 Å². The minimum atomic E-state index is -1.06. The van der Waals surface area contributed by atoms with Gasteiger partial charge in [-0.25, -0.2) is 0 Å². The maximum Gasteiger partial charge on any atom is 0.0977 e. The number of hydrogen-bond acceptors (Lipinski definition) is 2. The molecule has 2 nitrogen and oxygen atoms in total. The monoisotopic (exact) mass is 301 g/mol. The van der Waals surface area contributed by atoms with Crippen molar-refractivity contribution in [2.45, 2.75) is 30.8 Å². The second-order valence-electron chi connectivity index (χ2n) is 6.03. The molecule has 0 amide bonds. The highest BCUT2D eigenvalue weighted by Crippen LogP contribution is 2.50. The Morgan fingerprint density at radius 2 is 2.00 bits per heavy atom. The number of aryl methyl sites for hydroxylation is 1. The molecule has 1 aliphatic carbocycles. The summed E-state index contributed by atoms with van der Waals surface area (Å²) in [6.07, 6.45) is 1.80. The summed E-state index contributed by atoms with van der Waals surface area (Å²) in [5.74, 6) is 0. The Morgan fingerprint density at radius 1 is 1.24 bits per heavy atom. The van der Waals surface area contributed by atoms with E-state index in [2.05, 4.69) is 12.1 Å². The first-order valence-corrected chi connectivity index (χ1v) is 7.66. The SMILES string of the molecule is CC(O)(c1cccc(Cl)c1)C1(CN)CCc2ccccc21. The molecular weight excluding hydrogens is 282 g/mol. The standard InChI is InChI=1S/C18H20ClNO/c1-17(21,14-6-4-7-15(19)11-14)18(12-20)10-9-13-5-2-3-8-16(13)18/h2-8,11,21H,9-10,12,20H2,1H3. The summed E-state index contributed by atoms with van der Waals surface area (Å²) in [6, 6.07) is 15.7. The van der Waals surface area contributed by atoms with Crippen LogP contribution in [0.25, 0.3) is 0 Å². The maximum absolute atomic E-state index is 11.4. The van der Waals surface area contributed by atoms with Crippen molar-refractivity contribution < 1.29 is 5.11 Å². The molecule has 0 aromatic heterocycles. The van der Waals surface area contributed by atoms with Crippen LogP contribution >= 0.6 is 11.6 Å². The zero-order chi connectivity index (χ0) is 15.1. The molecule has 0 radical (unpaired) electrons. The third kappa shape index (κ3) is 2.10. The maximum atomic E-state index is 11.4. The van der Waals surface area contributed by atoms with E-state index in [1.54, 1.807) is 0 Å². The van der Waals surface area contributed by atoms with E-state index in [0.717, 1.165) is 24.0 Å². The molecule has 0 heterocycles. The zero-order valence-corrected chi connectivity index (χ0v) is 12.9. The molecular formula is C18H20ClNO. The number of halogens is 1. The second kappa shape index (κ2) is 5.13. The molecule has 3 rings (SSSR count). The van der Waals surface area contributed by atoms with Gasteiger partial charge in [-0.15, -0.1) is 0 Å². The average Bonchev–Trinajstić information content (AvgIpc) is 2.88. The van der Waals surface area contributed by atoms with Crippen LogP contribution in [0.4, 0.5) is 0 Å². The number of hydrogen-bond donors (Lipinski definition) is 2. The number of benzene rings is 2. The van der Waals surface area contributed by atoms with Crippen molar-refractivity contribution >= 4 is 11.6 Å². The third-order valence-corrected chi connectivity index (χ3v) is 5.26. The fourth-order valence-electron chi connectivity index (χ4n) is 3.67. The normalized spacial score (nSPS) is 23.6. The first kappa shape index (κ1) is 14.6. The van der Waals surface area contributed by atoms with Crippen molar-refractivity contribution in [3.63, 3.8) is 0 Å². The molecule has 0 saturated carbocycles.